The predicted octanol–water partition coefficient (Wildman–Crippen LogP) is 3.51. The van der Waals surface area contributed by atoms with Crippen LogP contribution in [-0.4, -0.2) is 36.5 Å². The first-order valence-corrected chi connectivity index (χ1v) is 11.1. The number of carbonyl (C=O) groups is 2. The summed E-state index contributed by atoms with van der Waals surface area (Å²) in [6.45, 7) is 0. The molecule has 2 aromatic rings. The molecule has 4 atom stereocenters. The second kappa shape index (κ2) is 7.22. The summed E-state index contributed by atoms with van der Waals surface area (Å²) in [6.07, 6.45) is -1.31. The molecule has 0 saturated carbocycles. The van der Waals surface area contributed by atoms with Crippen LogP contribution in [0.25, 0.3) is 0 Å². The monoisotopic (exact) mass is 602 g/mol. The molecule has 28 heavy (non-hydrogen) atoms. The van der Waals surface area contributed by atoms with Crippen LogP contribution in [0.4, 0.5) is 11.4 Å². The molecule has 8 heteroatoms. The summed E-state index contributed by atoms with van der Waals surface area (Å²) in [4.78, 5) is 28.7. The Hall–Kier alpha value is -1.24. The molecule has 0 N–H and O–H groups in total. The van der Waals surface area contributed by atoms with Crippen molar-refractivity contribution in [2.45, 2.75) is 37.5 Å². The van der Waals surface area contributed by atoms with Gasteiger partial charge in [0.1, 0.15) is 12.2 Å². The second-order valence-corrected chi connectivity index (χ2v) is 9.51. The summed E-state index contributed by atoms with van der Waals surface area (Å²) in [5, 5.41) is 0. The maximum Gasteiger partial charge on any atom is 0.231 e. The van der Waals surface area contributed by atoms with Gasteiger partial charge in [0, 0.05) is 18.5 Å². The van der Waals surface area contributed by atoms with Crippen molar-refractivity contribution in [1.29, 1.82) is 0 Å². The van der Waals surface area contributed by atoms with Gasteiger partial charge in [-0.2, -0.15) is 0 Å². The van der Waals surface area contributed by atoms with Crippen LogP contribution in [0, 0.1) is 7.14 Å². The average Bonchev–Trinajstić information content (AvgIpc) is 3.16. The smallest absolute Gasteiger partial charge is 0.231 e. The Morgan fingerprint density at radius 3 is 1.39 bits per heavy atom. The van der Waals surface area contributed by atoms with Crippen molar-refractivity contribution in [2.24, 2.45) is 0 Å². The number of ether oxygens (including phenoxy) is 2. The van der Waals surface area contributed by atoms with Crippen molar-refractivity contribution in [3.8, 4) is 0 Å². The fourth-order valence-corrected chi connectivity index (χ4v) is 4.75. The highest BCUT2D eigenvalue weighted by Crippen LogP contribution is 2.40. The lowest BCUT2D eigenvalue weighted by Crippen LogP contribution is -2.54. The summed E-state index contributed by atoms with van der Waals surface area (Å²) >= 11 is 4.46. The first kappa shape index (κ1) is 18.8. The minimum atomic E-state index is -0.502. The standard InChI is InChI=1S/C20H16I2N2O4/c21-11-1-5-13(6-2-11)23-17(25)9-15-19(23)27-16-10-18(26)24(20(16)28-15)14-7-3-12(22)4-8-14/h1-8,15-16,19-20H,9-10H2/t15-,16-,19-,20-/m1/s1. The molecular formula is C20H16I2N2O4. The molecule has 0 radical (unpaired) electrons. The Morgan fingerprint density at radius 1 is 0.679 bits per heavy atom. The van der Waals surface area contributed by atoms with Crippen molar-refractivity contribution in [2.75, 3.05) is 9.80 Å². The summed E-state index contributed by atoms with van der Waals surface area (Å²) in [5.74, 6) is -0.0494. The lowest BCUT2D eigenvalue weighted by atomic mass is 10.2. The van der Waals surface area contributed by atoms with Crippen molar-refractivity contribution >= 4 is 68.4 Å². The molecule has 5 rings (SSSR count). The van der Waals surface area contributed by atoms with Crippen molar-refractivity contribution in [1.82, 2.24) is 0 Å². The number of halogens is 2. The summed E-state index contributed by atoms with van der Waals surface area (Å²) in [7, 11) is 0. The number of anilines is 2. The van der Waals surface area contributed by atoms with Crippen LogP contribution in [0.1, 0.15) is 12.8 Å². The van der Waals surface area contributed by atoms with Gasteiger partial charge in [-0.05, 0) is 93.7 Å². The van der Waals surface area contributed by atoms with Gasteiger partial charge < -0.3 is 9.47 Å². The molecule has 0 spiro atoms. The van der Waals surface area contributed by atoms with Crippen LogP contribution in [0.3, 0.4) is 0 Å². The highest BCUT2D eigenvalue weighted by molar-refractivity contribution is 14.1. The van der Waals surface area contributed by atoms with Gasteiger partial charge in [-0.25, -0.2) is 0 Å². The zero-order chi connectivity index (χ0) is 19.4. The van der Waals surface area contributed by atoms with Gasteiger partial charge in [-0.3, -0.25) is 19.4 Å². The largest absolute Gasteiger partial charge is 0.347 e. The second-order valence-electron chi connectivity index (χ2n) is 7.02. The third-order valence-corrected chi connectivity index (χ3v) is 6.71. The van der Waals surface area contributed by atoms with E-state index in [1.807, 2.05) is 48.5 Å². The zero-order valence-electron chi connectivity index (χ0n) is 14.6. The van der Waals surface area contributed by atoms with E-state index in [1.54, 1.807) is 9.80 Å². The van der Waals surface area contributed by atoms with Gasteiger partial charge in [0.25, 0.3) is 0 Å². The number of fused-ring (bicyclic) bond motifs is 2. The quantitative estimate of drug-likeness (QED) is 0.495. The molecule has 6 nitrogen and oxygen atoms in total. The van der Waals surface area contributed by atoms with E-state index >= 15 is 0 Å². The number of nitrogens with zero attached hydrogens (tertiary/aromatic N) is 2. The number of amides is 2. The lowest BCUT2D eigenvalue weighted by Gasteiger charge is -2.40. The van der Waals surface area contributed by atoms with Crippen LogP contribution in [0.2, 0.25) is 0 Å². The van der Waals surface area contributed by atoms with Gasteiger partial charge >= 0.3 is 0 Å². The molecule has 0 aromatic heterocycles. The predicted molar refractivity (Wildman–Crippen MR) is 120 cm³/mol. The van der Waals surface area contributed by atoms with E-state index in [-0.39, 0.29) is 24.7 Å². The lowest BCUT2D eigenvalue weighted by molar-refractivity contribution is -0.195. The van der Waals surface area contributed by atoms with Crippen LogP contribution < -0.4 is 9.80 Å². The molecule has 0 unspecified atom stereocenters. The zero-order valence-corrected chi connectivity index (χ0v) is 18.9. The topological polar surface area (TPSA) is 59.1 Å². The molecule has 3 aliphatic heterocycles. The van der Waals surface area contributed by atoms with Gasteiger partial charge in [0.15, 0.2) is 12.5 Å². The summed E-state index contributed by atoms with van der Waals surface area (Å²) in [6, 6.07) is 15.5. The normalized spacial score (nSPS) is 29.2. The van der Waals surface area contributed by atoms with E-state index in [9.17, 15) is 9.59 Å². The first-order chi connectivity index (χ1) is 13.5. The molecule has 3 heterocycles. The molecule has 3 fully saturated rings. The van der Waals surface area contributed by atoms with Crippen LogP contribution in [0.5, 0.6) is 0 Å². The Labute approximate surface area is 189 Å². The first-order valence-electron chi connectivity index (χ1n) is 8.97. The molecule has 2 aromatic carbocycles. The highest BCUT2D eigenvalue weighted by Gasteiger charge is 2.55. The molecule has 0 aliphatic carbocycles. The number of carbonyl (C=O) groups excluding carboxylic acids is 2. The van der Waals surface area contributed by atoms with E-state index < -0.39 is 24.7 Å². The Morgan fingerprint density at radius 2 is 1.04 bits per heavy atom. The van der Waals surface area contributed by atoms with Gasteiger partial charge in [0.05, 0.1) is 12.8 Å². The van der Waals surface area contributed by atoms with Crippen LogP contribution in [-0.2, 0) is 19.1 Å². The average molecular weight is 602 g/mol. The third-order valence-electron chi connectivity index (χ3n) is 5.27. The third kappa shape index (κ3) is 3.14. The van der Waals surface area contributed by atoms with Gasteiger partial charge in [0.2, 0.25) is 11.8 Å². The van der Waals surface area contributed by atoms with E-state index in [4.69, 9.17) is 9.47 Å². The molecule has 144 valence electrons. The number of rotatable bonds is 2. The Balaban J connectivity index is 1.42. The van der Waals surface area contributed by atoms with Crippen molar-refractivity contribution < 1.29 is 19.1 Å². The maximum atomic E-state index is 12.7. The van der Waals surface area contributed by atoms with Gasteiger partial charge in [-0.15, -0.1) is 0 Å². The highest BCUT2D eigenvalue weighted by atomic mass is 127. The van der Waals surface area contributed by atoms with Crippen molar-refractivity contribution in [3.05, 3.63) is 55.7 Å². The van der Waals surface area contributed by atoms with E-state index in [1.165, 1.54) is 0 Å². The molecular weight excluding hydrogens is 586 g/mol. The number of benzene rings is 2. The number of hydrogen-bond donors (Lipinski definition) is 0. The fourth-order valence-electron chi connectivity index (χ4n) is 4.03. The fraction of sp³-hybridized carbons (Fsp3) is 0.300. The molecule has 2 amide bonds. The van der Waals surface area contributed by atoms with Crippen LogP contribution >= 0.6 is 45.2 Å². The van der Waals surface area contributed by atoms with E-state index in [0.29, 0.717) is 0 Å². The summed E-state index contributed by atoms with van der Waals surface area (Å²) in [5.41, 5.74) is 1.58. The Kier molecular flexibility index (Phi) is 4.84. The van der Waals surface area contributed by atoms with E-state index in [0.717, 1.165) is 18.5 Å². The molecule has 3 aliphatic rings. The minimum Gasteiger partial charge on any atom is -0.347 e. The Bertz CT molecular complexity index is 857. The van der Waals surface area contributed by atoms with Gasteiger partial charge in [-0.1, -0.05) is 0 Å². The molecule has 0 bridgehead atoms. The molecule has 3 saturated heterocycles. The number of hydrogen-bond acceptors (Lipinski definition) is 4. The minimum absolute atomic E-state index is 0.0247. The summed E-state index contributed by atoms with van der Waals surface area (Å²) < 4.78 is 14.7. The van der Waals surface area contributed by atoms with E-state index in [2.05, 4.69) is 45.2 Å². The van der Waals surface area contributed by atoms with Crippen LogP contribution in [0.15, 0.2) is 48.5 Å². The van der Waals surface area contributed by atoms with Crippen molar-refractivity contribution in [3.63, 3.8) is 0 Å². The maximum absolute atomic E-state index is 12.7. The SMILES string of the molecule is O=C1C[C@H]2O[C@@H]3[C@@H](CC(=O)N3c3ccc(I)cc3)O[C@H]2N1c1ccc(I)cc1.